The van der Waals surface area contributed by atoms with Crippen molar-refractivity contribution < 1.29 is 4.79 Å². The predicted octanol–water partition coefficient (Wildman–Crippen LogP) is 3.30. The van der Waals surface area contributed by atoms with Gasteiger partial charge in [0.15, 0.2) is 0 Å². The highest BCUT2D eigenvalue weighted by molar-refractivity contribution is 6.30. The summed E-state index contributed by atoms with van der Waals surface area (Å²) in [5.74, 6) is 0.456. The van der Waals surface area contributed by atoms with Gasteiger partial charge in [-0.3, -0.25) is 4.79 Å². The smallest absolute Gasteiger partial charge is 0.230 e. The number of hydrogen-bond acceptors (Lipinski definition) is 2. The zero-order valence-electron chi connectivity index (χ0n) is 11.5. The Kier molecular flexibility index (Phi) is 4.48. The molecule has 1 heterocycles. The lowest BCUT2D eigenvalue weighted by molar-refractivity contribution is -0.127. The summed E-state index contributed by atoms with van der Waals surface area (Å²) in [6, 6.07) is 7.23. The van der Waals surface area contributed by atoms with E-state index in [0.717, 1.165) is 31.6 Å². The summed E-state index contributed by atoms with van der Waals surface area (Å²) < 4.78 is 0. The molecule has 2 rings (SSSR count). The maximum Gasteiger partial charge on any atom is 0.230 e. The molecule has 104 valence electrons. The summed E-state index contributed by atoms with van der Waals surface area (Å²) >= 11 is 5.84. The van der Waals surface area contributed by atoms with E-state index in [1.807, 2.05) is 26.0 Å². The van der Waals surface area contributed by atoms with Gasteiger partial charge in [-0.2, -0.15) is 0 Å². The number of amides is 1. The molecule has 1 fully saturated rings. The first kappa shape index (κ1) is 14.4. The van der Waals surface area contributed by atoms with Gasteiger partial charge in [0, 0.05) is 16.1 Å². The number of nitrogens with one attached hydrogen (secondary N) is 2. The van der Waals surface area contributed by atoms with Crippen LogP contribution >= 0.6 is 11.6 Å². The number of anilines is 1. The van der Waals surface area contributed by atoms with Gasteiger partial charge in [-0.1, -0.05) is 25.4 Å². The van der Waals surface area contributed by atoms with Crippen molar-refractivity contribution in [3.63, 3.8) is 0 Å². The van der Waals surface area contributed by atoms with E-state index in [1.165, 1.54) is 0 Å². The standard InChI is InChI=1S/C15H21ClN2O/c1-15(2,11-4-3-9-17-10-11)14(19)18-13-7-5-12(16)6-8-13/h5-8,11,17H,3-4,9-10H2,1-2H3,(H,18,19). The Hall–Kier alpha value is -1.06. The lowest BCUT2D eigenvalue weighted by Crippen LogP contribution is -2.44. The van der Waals surface area contributed by atoms with E-state index < -0.39 is 0 Å². The van der Waals surface area contributed by atoms with Crippen LogP contribution in [-0.4, -0.2) is 19.0 Å². The number of piperidine rings is 1. The number of halogens is 1. The van der Waals surface area contributed by atoms with Gasteiger partial charge in [0.25, 0.3) is 0 Å². The zero-order chi connectivity index (χ0) is 13.9. The van der Waals surface area contributed by atoms with E-state index in [4.69, 9.17) is 11.6 Å². The van der Waals surface area contributed by atoms with Crippen molar-refractivity contribution in [3.05, 3.63) is 29.3 Å². The Morgan fingerprint density at radius 2 is 2.05 bits per heavy atom. The summed E-state index contributed by atoms with van der Waals surface area (Å²) in [4.78, 5) is 12.4. The highest BCUT2D eigenvalue weighted by atomic mass is 35.5. The minimum absolute atomic E-state index is 0.0727. The minimum Gasteiger partial charge on any atom is -0.326 e. The van der Waals surface area contributed by atoms with Gasteiger partial charge in [0.05, 0.1) is 0 Å². The molecule has 1 aromatic rings. The second kappa shape index (κ2) is 5.93. The van der Waals surface area contributed by atoms with E-state index in [-0.39, 0.29) is 11.3 Å². The Morgan fingerprint density at radius 3 is 2.63 bits per heavy atom. The Balaban J connectivity index is 2.03. The van der Waals surface area contributed by atoms with Crippen LogP contribution in [0.5, 0.6) is 0 Å². The number of carbonyl (C=O) groups excluding carboxylic acids is 1. The van der Waals surface area contributed by atoms with Crippen LogP contribution in [0, 0.1) is 11.3 Å². The Morgan fingerprint density at radius 1 is 1.37 bits per heavy atom. The first-order chi connectivity index (χ1) is 9.00. The van der Waals surface area contributed by atoms with Crippen molar-refractivity contribution in [2.75, 3.05) is 18.4 Å². The highest BCUT2D eigenvalue weighted by Crippen LogP contribution is 2.33. The Bertz CT molecular complexity index is 436. The van der Waals surface area contributed by atoms with E-state index in [9.17, 15) is 4.79 Å². The minimum atomic E-state index is -0.368. The molecule has 0 spiro atoms. The van der Waals surface area contributed by atoms with Crippen molar-refractivity contribution in [1.82, 2.24) is 5.32 Å². The largest absolute Gasteiger partial charge is 0.326 e. The molecule has 3 nitrogen and oxygen atoms in total. The summed E-state index contributed by atoms with van der Waals surface area (Å²) in [7, 11) is 0. The maximum atomic E-state index is 12.4. The van der Waals surface area contributed by atoms with Gasteiger partial charge in [-0.15, -0.1) is 0 Å². The zero-order valence-corrected chi connectivity index (χ0v) is 12.3. The van der Waals surface area contributed by atoms with Crippen LogP contribution in [0.3, 0.4) is 0 Å². The second-order valence-corrected chi connectivity index (χ2v) is 6.16. The average Bonchev–Trinajstić information content (AvgIpc) is 2.42. The molecule has 4 heteroatoms. The molecule has 1 atom stereocenters. The highest BCUT2D eigenvalue weighted by Gasteiger charge is 2.37. The predicted molar refractivity (Wildman–Crippen MR) is 79.5 cm³/mol. The molecule has 0 saturated carbocycles. The van der Waals surface area contributed by atoms with Gasteiger partial charge in [-0.05, 0) is 56.1 Å². The lowest BCUT2D eigenvalue weighted by atomic mass is 9.74. The molecule has 0 bridgehead atoms. The first-order valence-electron chi connectivity index (χ1n) is 6.78. The van der Waals surface area contributed by atoms with E-state index >= 15 is 0 Å². The number of benzene rings is 1. The molecule has 1 unspecified atom stereocenters. The third-order valence-corrected chi connectivity index (χ3v) is 4.26. The monoisotopic (exact) mass is 280 g/mol. The average molecular weight is 281 g/mol. The molecule has 1 amide bonds. The van der Waals surface area contributed by atoms with Crippen molar-refractivity contribution in [1.29, 1.82) is 0 Å². The van der Waals surface area contributed by atoms with E-state index in [0.29, 0.717) is 10.9 Å². The molecule has 19 heavy (non-hydrogen) atoms. The second-order valence-electron chi connectivity index (χ2n) is 5.73. The molecule has 1 aromatic carbocycles. The fourth-order valence-electron chi connectivity index (χ4n) is 2.48. The normalized spacial score (nSPS) is 20.1. The van der Waals surface area contributed by atoms with Gasteiger partial charge in [0.2, 0.25) is 5.91 Å². The van der Waals surface area contributed by atoms with E-state index in [1.54, 1.807) is 12.1 Å². The fraction of sp³-hybridized carbons (Fsp3) is 0.533. The quantitative estimate of drug-likeness (QED) is 0.892. The summed E-state index contributed by atoms with van der Waals surface area (Å²) in [6.45, 7) is 6.03. The van der Waals surface area contributed by atoms with Crippen molar-refractivity contribution in [3.8, 4) is 0 Å². The summed E-state index contributed by atoms with van der Waals surface area (Å²) in [5.41, 5.74) is 0.429. The third-order valence-electron chi connectivity index (χ3n) is 4.00. The van der Waals surface area contributed by atoms with Gasteiger partial charge < -0.3 is 10.6 Å². The molecule has 1 saturated heterocycles. The van der Waals surface area contributed by atoms with E-state index in [2.05, 4.69) is 10.6 Å². The van der Waals surface area contributed by atoms with Gasteiger partial charge in [-0.25, -0.2) is 0 Å². The fourth-order valence-corrected chi connectivity index (χ4v) is 2.60. The molecule has 0 aliphatic carbocycles. The molecule has 1 aliphatic rings. The SMILES string of the molecule is CC(C)(C(=O)Nc1ccc(Cl)cc1)C1CCCNC1. The first-order valence-corrected chi connectivity index (χ1v) is 7.15. The van der Waals surface area contributed by atoms with Crippen LogP contribution < -0.4 is 10.6 Å². The van der Waals surface area contributed by atoms with Crippen molar-refractivity contribution in [2.24, 2.45) is 11.3 Å². The van der Waals surface area contributed by atoms with Crippen molar-refractivity contribution in [2.45, 2.75) is 26.7 Å². The van der Waals surface area contributed by atoms with Gasteiger partial charge in [0.1, 0.15) is 0 Å². The molecular weight excluding hydrogens is 260 g/mol. The molecule has 0 radical (unpaired) electrons. The van der Waals surface area contributed by atoms with Crippen LogP contribution in [0.2, 0.25) is 5.02 Å². The van der Waals surface area contributed by atoms with Crippen LogP contribution in [-0.2, 0) is 4.79 Å². The molecule has 2 N–H and O–H groups in total. The Labute approximate surface area is 119 Å². The number of carbonyl (C=O) groups is 1. The summed E-state index contributed by atoms with van der Waals surface area (Å²) in [5, 5.41) is 7.03. The van der Waals surface area contributed by atoms with Crippen LogP contribution in [0.4, 0.5) is 5.69 Å². The molecule has 0 aromatic heterocycles. The lowest BCUT2D eigenvalue weighted by Gasteiger charge is -2.36. The van der Waals surface area contributed by atoms with Crippen LogP contribution in [0.15, 0.2) is 24.3 Å². The molecule has 1 aliphatic heterocycles. The maximum absolute atomic E-state index is 12.4. The third kappa shape index (κ3) is 3.48. The van der Waals surface area contributed by atoms with Crippen LogP contribution in [0.1, 0.15) is 26.7 Å². The van der Waals surface area contributed by atoms with Gasteiger partial charge >= 0.3 is 0 Å². The number of rotatable bonds is 3. The van der Waals surface area contributed by atoms with Crippen LogP contribution in [0.25, 0.3) is 0 Å². The molecular formula is C15H21ClN2O. The summed E-state index contributed by atoms with van der Waals surface area (Å²) in [6.07, 6.45) is 2.25. The number of hydrogen-bond donors (Lipinski definition) is 2. The van der Waals surface area contributed by atoms with Crippen molar-refractivity contribution >= 4 is 23.2 Å². The topological polar surface area (TPSA) is 41.1 Å².